The van der Waals surface area contributed by atoms with Crippen LogP contribution in [-0.4, -0.2) is 27.6 Å². The molecule has 0 radical (unpaired) electrons. The van der Waals surface area contributed by atoms with Crippen molar-refractivity contribution in [2.45, 2.75) is 70.8 Å². The summed E-state index contributed by atoms with van der Waals surface area (Å²) in [6.07, 6.45) is 12.7. The first-order valence-corrected chi connectivity index (χ1v) is 11.7. The van der Waals surface area contributed by atoms with Crippen LogP contribution in [0.5, 0.6) is 0 Å². The van der Waals surface area contributed by atoms with E-state index in [2.05, 4.69) is 13.8 Å². The van der Waals surface area contributed by atoms with Crippen LogP contribution in [0.25, 0.3) is 0 Å². The molecule has 5 aliphatic carbocycles. The molecule has 9 atom stereocenters. The summed E-state index contributed by atoms with van der Waals surface area (Å²) in [6, 6.07) is 0. The SMILES string of the molecule is CC[C@H]1CC2=CC(=O)CC[C@@H]2[C@H]2CC[C@@]3(CC)[C@@H]([C@H]4C[C@H]4[C@@]3(O)/C=C\C(=O)O)[C@H]12. The average Bonchev–Trinajstić information content (AvgIpc) is 3.47. The summed E-state index contributed by atoms with van der Waals surface area (Å²) < 4.78 is 0. The molecule has 0 spiro atoms. The average molecular weight is 399 g/mol. The van der Waals surface area contributed by atoms with E-state index in [-0.39, 0.29) is 11.3 Å². The molecule has 0 aromatic heterocycles. The molecule has 0 amide bonds. The smallest absolute Gasteiger partial charge is 0.328 e. The summed E-state index contributed by atoms with van der Waals surface area (Å²) in [5.74, 6) is 2.96. The molecular formula is C25H34O4. The highest BCUT2D eigenvalue weighted by atomic mass is 16.4. The number of carboxylic acid groups (broad SMARTS) is 1. The maximum absolute atomic E-state index is 12.1. The molecule has 4 nitrogen and oxygen atoms in total. The lowest BCUT2D eigenvalue weighted by atomic mass is 9.45. The molecular weight excluding hydrogens is 364 g/mol. The monoisotopic (exact) mass is 398 g/mol. The number of carbonyl (C=O) groups is 2. The van der Waals surface area contributed by atoms with E-state index in [0.717, 1.165) is 44.9 Å². The minimum atomic E-state index is -0.975. The fourth-order valence-corrected chi connectivity index (χ4v) is 8.79. The van der Waals surface area contributed by atoms with E-state index in [1.807, 2.05) is 6.08 Å². The first-order chi connectivity index (χ1) is 13.9. The van der Waals surface area contributed by atoms with E-state index in [9.17, 15) is 19.8 Å². The predicted molar refractivity (Wildman–Crippen MR) is 110 cm³/mol. The Morgan fingerprint density at radius 3 is 2.76 bits per heavy atom. The van der Waals surface area contributed by atoms with Crippen LogP contribution in [0.2, 0.25) is 0 Å². The Morgan fingerprint density at radius 2 is 2.07 bits per heavy atom. The van der Waals surface area contributed by atoms with Crippen molar-refractivity contribution in [3.8, 4) is 0 Å². The van der Waals surface area contributed by atoms with Crippen molar-refractivity contribution in [2.24, 2.45) is 46.8 Å². The standard InChI is InChI=1S/C25H34O4/c1-3-14-11-15-12-16(26)5-6-17(15)18-7-9-24(4-2)23(22(14)18)19-13-20(19)25(24,29)10-8-21(27)28/h8,10,12,14,17-20,22-23,29H,3-7,9,11,13H2,1-2H3,(H,27,28)/b10-8-/t14-,17-,18+,19-,20+,22+,23-,24-,25-/m0/s1. The second kappa shape index (κ2) is 6.54. The van der Waals surface area contributed by atoms with Crippen LogP contribution in [0, 0.1) is 46.8 Å². The van der Waals surface area contributed by atoms with Crippen molar-refractivity contribution < 1.29 is 19.8 Å². The molecule has 0 aromatic carbocycles. The van der Waals surface area contributed by atoms with Gasteiger partial charge in [0.1, 0.15) is 0 Å². The van der Waals surface area contributed by atoms with Gasteiger partial charge in [-0.25, -0.2) is 4.79 Å². The van der Waals surface area contributed by atoms with Gasteiger partial charge in [-0.05, 0) is 92.1 Å². The minimum absolute atomic E-state index is 0.188. The Hall–Kier alpha value is -1.42. The molecule has 2 N–H and O–H groups in total. The van der Waals surface area contributed by atoms with Crippen LogP contribution in [0.1, 0.15) is 65.2 Å². The molecule has 0 bridgehead atoms. The van der Waals surface area contributed by atoms with Crippen molar-refractivity contribution in [1.29, 1.82) is 0 Å². The van der Waals surface area contributed by atoms with E-state index < -0.39 is 11.6 Å². The molecule has 4 saturated carbocycles. The van der Waals surface area contributed by atoms with E-state index in [4.69, 9.17) is 0 Å². The molecule has 5 aliphatic rings. The number of aliphatic carboxylic acids is 1. The van der Waals surface area contributed by atoms with Crippen LogP contribution in [0.4, 0.5) is 0 Å². The number of carbonyl (C=O) groups excluding carboxylic acids is 1. The molecule has 5 rings (SSSR count). The zero-order chi connectivity index (χ0) is 20.6. The van der Waals surface area contributed by atoms with E-state index in [1.165, 1.54) is 11.6 Å². The number of hydrogen-bond donors (Lipinski definition) is 2. The molecule has 0 heterocycles. The van der Waals surface area contributed by atoms with Gasteiger partial charge in [-0.1, -0.05) is 25.8 Å². The second-order valence-corrected chi connectivity index (χ2v) is 10.5. The Balaban J connectivity index is 1.56. The van der Waals surface area contributed by atoms with Gasteiger partial charge in [0.05, 0.1) is 5.60 Å². The molecule has 29 heavy (non-hydrogen) atoms. The second-order valence-electron chi connectivity index (χ2n) is 10.5. The van der Waals surface area contributed by atoms with Gasteiger partial charge in [0.15, 0.2) is 5.78 Å². The van der Waals surface area contributed by atoms with Crippen LogP contribution in [0.3, 0.4) is 0 Å². The van der Waals surface area contributed by atoms with Crippen LogP contribution in [-0.2, 0) is 9.59 Å². The summed E-state index contributed by atoms with van der Waals surface area (Å²) in [7, 11) is 0. The van der Waals surface area contributed by atoms with Crippen LogP contribution in [0.15, 0.2) is 23.8 Å². The van der Waals surface area contributed by atoms with E-state index in [0.29, 0.717) is 47.7 Å². The van der Waals surface area contributed by atoms with Gasteiger partial charge < -0.3 is 10.2 Å². The molecule has 0 aliphatic heterocycles. The quantitative estimate of drug-likeness (QED) is 0.689. The first kappa shape index (κ1) is 19.5. The lowest BCUT2D eigenvalue weighted by Crippen LogP contribution is -2.57. The molecule has 158 valence electrons. The third-order valence-electron chi connectivity index (χ3n) is 9.85. The topological polar surface area (TPSA) is 74.6 Å². The Kier molecular flexibility index (Phi) is 4.40. The van der Waals surface area contributed by atoms with Crippen molar-refractivity contribution in [3.63, 3.8) is 0 Å². The highest BCUT2D eigenvalue weighted by molar-refractivity contribution is 5.91. The first-order valence-electron chi connectivity index (χ1n) is 11.7. The molecule has 0 aromatic rings. The predicted octanol–water partition coefficient (Wildman–Crippen LogP) is 4.38. The molecule has 0 saturated heterocycles. The number of ketones is 1. The largest absolute Gasteiger partial charge is 0.478 e. The maximum Gasteiger partial charge on any atom is 0.328 e. The number of hydrogen-bond acceptors (Lipinski definition) is 3. The summed E-state index contributed by atoms with van der Waals surface area (Å²) >= 11 is 0. The molecule has 0 unspecified atom stereocenters. The fraction of sp³-hybridized carbons (Fsp3) is 0.760. The van der Waals surface area contributed by atoms with Gasteiger partial charge in [0.2, 0.25) is 0 Å². The summed E-state index contributed by atoms with van der Waals surface area (Å²) in [4.78, 5) is 23.3. The Bertz CT molecular complexity index is 797. The Morgan fingerprint density at radius 1 is 1.28 bits per heavy atom. The third-order valence-corrected chi connectivity index (χ3v) is 9.85. The number of rotatable bonds is 4. The number of fused-ring (bicyclic) bond motifs is 7. The van der Waals surface area contributed by atoms with Crippen LogP contribution < -0.4 is 0 Å². The van der Waals surface area contributed by atoms with Gasteiger partial charge >= 0.3 is 5.97 Å². The molecule has 4 heteroatoms. The number of aliphatic hydroxyl groups is 1. The maximum atomic E-state index is 12.1. The number of allylic oxidation sites excluding steroid dienone is 1. The zero-order valence-corrected chi connectivity index (χ0v) is 17.6. The van der Waals surface area contributed by atoms with Crippen molar-refractivity contribution >= 4 is 11.8 Å². The van der Waals surface area contributed by atoms with Crippen LogP contribution >= 0.6 is 0 Å². The third kappa shape index (κ3) is 2.54. The normalized spacial score (nSPS) is 50.4. The minimum Gasteiger partial charge on any atom is -0.478 e. The van der Waals surface area contributed by atoms with E-state index >= 15 is 0 Å². The lowest BCUT2D eigenvalue weighted by molar-refractivity contribution is -0.140. The summed E-state index contributed by atoms with van der Waals surface area (Å²) in [5, 5.41) is 21.1. The number of carboxylic acids is 1. The van der Waals surface area contributed by atoms with Gasteiger partial charge in [0.25, 0.3) is 0 Å². The van der Waals surface area contributed by atoms with Crippen molar-refractivity contribution in [1.82, 2.24) is 0 Å². The van der Waals surface area contributed by atoms with E-state index in [1.54, 1.807) is 6.08 Å². The lowest BCUT2D eigenvalue weighted by Gasteiger charge is -2.60. The highest BCUT2D eigenvalue weighted by Crippen LogP contribution is 2.77. The van der Waals surface area contributed by atoms with Gasteiger partial charge in [-0.3, -0.25) is 4.79 Å². The molecule has 4 fully saturated rings. The van der Waals surface area contributed by atoms with Crippen molar-refractivity contribution in [3.05, 3.63) is 23.8 Å². The fourth-order valence-electron chi connectivity index (χ4n) is 8.79. The van der Waals surface area contributed by atoms with Crippen molar-refractivity contribution in [2.75, 3.05) is 0 Å². The summed E-state index contributed by atoms with van der Waals surface area (Å²) in [5.41, 5.74) is 0.245. The van der Waals surface area contributed by atoms with Gasteiger partial charge in [0, 0.05) is 17.9 Å². The Labute approximate surface area is 173 Å². The summed E-state index contributed by atoms with van der Waals surface area (Å²) in [6.45, 7) is 4.48. The highest BCUT2D eigenvalue weighted by Gasteiger charge is 2.76. The zero-order valence-electron chi connectivity index (χ0n) is 17.6. The van der Waals surface area contributed by atoms with Gasteiger partial charge in [-0.2, -0.15) is 0 Å². The van der Waals surface area contributed by atoms with Gasteiger partial charge in [-0.15, -0.1) is 0 Å².